The molecular weight excluding hydrogens is 306 g/mol. The summed E-state index contributed by atoms with van der Waals surface area (Å²) in [6.45, 7) is 2.73. The molecule has 122 valence electrons. The summed E-state index contributed by atoms with van der Waals surface area (Å²) in [4.78, 5) is 26.6. The van der Waals surface area contributed by atoms with E-state index in [9.17, 15) is 4.79 Å². The fourth-order valence-electron chi connectivity index (χ4n) is 2.79. The predicted molar refractivity (Wildman–Crippen MR) is 91.3 cm³/mol. The maximum Gasteiger partial charge on any atom is 0.261 e. The fourth-order valence-corrected chi connectivity index (χ4v) is 2.79. The van der Waals surface area contributed by atoms with Gasteiger partial charge in [-0.25, -0.2) is 9.97 Å². The average Bonchev–Trinajstić information content (AvgIpc) is 3.04. The number of fused-ring (bicyclic) bond motifs is 1. The lowest BCUT2D eigenvalue weighted by Gasteiger charge is -2.29. The van der Waals surface area contributed by atoms with Gasteiger partial charge in [-0.2, -0.15) is 0 Å². The minimum absolute atomic E-state index is 0.233. The third-order valence-corrected chi connectivity index (χ3v) is 3.96. The number of aromatic nitrogens is 3. The van der Waals surface area contributed by atoms with Crippen molar-refractivity contribution in [2.75, 3.05) is 36.5 Å². The number of hydrogen-bond donors (Lipinski definition) is 2. The highest BCUT2D eigenvalue weighted by Gasteiger charge is 2.20. The van der Waals surface area contributed by atoms with E-state index in [0.29, 0.717) is 30.5 Å². The summed E-state index contributed by atoms with van der Waals surface area (Å²) in [5.41, 5.74) is 2.22. The van der Waals surface area contributed by atoms with Gasteiger partial charge in [0.15, 0.2) is 0 Å². The molecule has 0 aliphatic carbocycles. The maximum absolute atomic E-state index is 12.7. The minimum atomic E-state index is -0.233. The zero-order valence-corrected chi connectivity index (χ0v) is 13.0. The highest BCUT2D eigenvalue weighted by Crippen LogP contribution is 2.20. The fraction of sp³-hybridized carbons (Fsp3) is 0.235. The highest BCUT2D eigenvalue weighted by molar-refractivity contribution is 6.07. The zero-order chi connectivity index (χ0) is 16.4. The number of H-pyrrole nitrogens is 1. The van der Waals surface area contributed by atoms with Gasteiger partial charge in [-0.15, -0.1) is 0 Å². The maximum atomic E-state index is 12.7. The first-order chi connectivity index (χ1) is 11.8. The Hall–Kier alpha value is -2.93. The van der Waals surface area contributed by atoms with Gasteiger partial charge < -0.3 is 14.6 Å². The van der Waals surface area contributed by atoms with E-state index in [0.717, 1.165) is 24.1 Å². The van der Waals surface area contributed by atoms with E-state index in [-0.39, 0.29) is 5.91 Å². The van der Waals surface area contributed by atoms with Crippen LogP contribution in [0.1, 0.15) is 10.4 Å². The van der Waals surface area contributed by atoms with Crippen LogP contribution in [-0.4, -0.2) is 47.2 Å². The average molecular weight is 323 g/mol. The lowest BCUT2D eigenvalue weighted by atomic mass is 10.2. The van der Waals surface area contributed by atoms with Crippen LogP contribution in [0, 0.1) is 0 Å². The first kappa shape index (κ1) is 14.6. The summed E-state index contributed by atoms with van der Waals surface area (Å²) in [6.07, 6.45) is 1.70. The molecule has 0 spiro atoms. The number of ether oxygens (including phenoxy) is 1. The SMILES string of the molecule is O=C(Nc1nc2ccccc2[nH]1)c1cccnc1N1CCOCC1. The third-order valence-electron chi connectivity index (χ3n) is 3.96. The second kappa shape index (κ2) is 6.29. The number of carbonyl (C=O) groups excluding carboxylic acids is 1. The zero-order valence-electron chi connectivity index (χ0n) is 13.0. The Kier molecular flexibility index (Phi) is 3.84. The van der Waals surface area contributed by atoms with E-state index in [2.05, 4.69) is 25.2 Å². The van der Waals surface area contributed by atoms with E-state index in [1.807, 2.05) is 24.3 Å². The van der Waals surface area contributed by atoms with Gasteiger partial charge in [0.1, 0.15) is 5.82 Å². The second-order valence-electron chi connectivity index (χ2n) is 5.53. The summed E-state index contributed by atoms with van der Waals surface area (Å²) >= 11 is 0. The standard InChI is InChI=1S/C17H17N5O2/c23-16(21-17-19-13-5-1-2-6-14(13)20-17)12-4-3-7-18-15(12)22-8-10-24-11-9-22/h1-7H,8-11H2,(H2,19,20,21,23). The lowest BCUT2D eigenvalue weighted by Crippen LogP contribution is -2.38. The van der Waals surface area contributed by atoms with Crippen LogP contribution in [0.5, 0.6) is 0 Å². The van der Waals surface area contributed by atoms with Crippen LogP contribution < -0.4 is 10.2 Å². The number of rotatable bonds is 3. The van der Waals surface area contributed by atoms with Gasteiger partial charge in [-0.1, -0.05) is 12.1 Å². The van der Waals surface area contributed by atoms with Crippen LogP contribution in [0.4, 0.5) is 11.8 Å². The van der Waals surface area contributed by atoms with E-state index in [4.69, 9.17) is 4.74 Å². The number of hydrogen-bond acceptors (Lipinski definition) is 5. The van der Waals surface area contributed by atoms with Crippen molar-refractivity contribution in [3.8, 4) is 0 Å². The number of aromatic amines is 1. The number of pyridine rings is 1. The molecule has 1 aliphatic heterocycles. The van der Waals surface area contributed by atoms with Crippen LogP contribution in [0.25, 0.3) is 11.0 Å². The molecule has 1 amide bonds. The first-order valence-electron chi connectivity index (χ1n) is 7.85. The molecule has 24 heavy (non-hydrogen) atoms. The van der Waals surface area contributed by atoms with Gasteiger partial charge in [0.2, 0.25) is 5.95 Å². The summed E-state index contributed by atoms with van der Waals surface area (Å²) in [6, 6.07) is 11.2. The Morgan fingerprint density at radius 2 is 2.00 bits per heavy atom. The number of amides is 1. The number of nitrogens with zero attached hydrogens (tertiary/aromatic N) is 3. The number of para-hydroxylation sites is 2. The molecule has 0 unspecified atom stereocenters. The van der Waals surface area contributed by atoms with Crippen LogP contribution in [-0.2, 0) is 4.74 Å². The molecule has 0 radical (unpaired) electrons. The smallest absolute Gasteiger partial charge is 0.261 e. The third kappa shape index (κ3) is 2.81. The van der Waals surface area contributed by atoms with Crippen molar-refractivity contribution in [2.45, 2.75) is 0 Å². The Balaban J connectivity index is 1.60. The van der Waals surface area contributed by atoms with Gasteiger partial charge in [0.25, 0.3) is 5.91 Å². The number of anilines is 2. The predicted octanol–water partition coefficient (Wildman–Crippen LogP) is 2.05. The lowest BCUT2D eigenvalue weighted by molar-refractivity contribution is 0.102. The number of imidazole rings is 1. The molecule has 7 heteroatoms. The number of morpholine rings is 1. The van der Waals surface area contributed by atoms with Crippen LogP contribution in [0.3, 0.4) is 0 Å². The first-order valence-corrected chi connectivity index (χ1v) is 7.85. The van der Waals surface area contributed by atoms with E-state index in [1.54, 1.807) is 18.3 Å². The van der Waals surface area contributed by atoms with Crippen molar-refractivity contribution in [2.24, 2.45) is 0 Å². The Labute approximate surface area is 138 Å². The number of nitrogens with one attached hydrogen (secondary N) is 2. The molecule has 0 atom stereocenters. The van der Waals surface area contributed by atoms with Crippen molar-refractivity contribution >= 4 is 28.7 Å². The molecule has 1 fully saturated rings. The Morgan fingerprint density at radius 1 is 1.17 bits per heavy atom. The molecule has 0 bridgehead atoms. The van der Waals surface area contributed by atoms with Crippen molar-refractivity contribution in [1.29, 1.82) is 0 Å². The topological polar surface area (TPSA) is 83.1 Å². The minimum Gasteiger partial charge on any atom is -0.378 e. The molecule has 1 aromatic carbocycles. The van der Waals surface area contributed by atoms with Crippen molar-refractivity contribution in [3.63, 3.8) is 0 Å². The Bertz CT molecular complexity index is 837. The van der Waals surface area contributed by atoms with Gasteiger partial charge in [0.05, 0.1) is 29.8 Å². The van der Waals surface area contributed by atoms with Crippen molar-refractivity contribution in [1.82, 2.24) is 15.0 Å². The van der Waals surface area contributed by atoms with Gasteiger partial charge in [-0.3, -0.25) is 10.1 Å². The molecule has 4 rings (SSSR count). The summed E-state index contributed by atoms with van der Waals surface area (Å²) in [5.74, 6) is 0.871. The molecular formula is C17H17N5O2. The van der Waals surface area contributed by atoms with E-state index in [1.165, 1.54) is 0 Å². The molecule has 2 aromatic heterocycles. The Morgan fingerprint density at radius 3 is 2.83 bits per heavy atom. The normalized spacial score (nSPS) is 14.8. The quantitative estimate of drug-likeness (QED) is 0.771. The molecule has 3 aromatic rings. The highest BCUT2D eigenvalue weighted by atomic mass is 16.5. The largest absolute Gasteiger partial charge is 0.378 e. The van der Waals surface area contributed by atoms with Crippen molar-refractivity contribution < 1.29 is 9.53 Å². The van der Waals surface area contributed by atoms with Crippen LogP contribution in [0.2, 0.25) is 0 Å². The molecule has 7 nitrogen and oxygen atoms in total. The second-order valence-corrected chi connectivity index (χ2v) is 5.53. The summed E-state index contributed by atoms with van der Waals surface area (Å²) in [5, 5.41) is 2.82. The molecule has 2 N–H and O–H groups in total. The number of carbonyl (C=O) groups is 1. The van der Waals surface area contributed by atoms with Crippen LogP contribution >= 0.6 is 0 Å². The molecule has 3 heterocycles. The van der Waals surface area contributed by atoms with E-state index >= 15 is 0 Å². The molecule has 1 aliphatic rings. The van der Waals surface area contributed by atoms with Gasteiger partial charge in [0, 0.05) is 19.3 Å². The van der Waals surface area contributed by atoms with E-state index < -0.39 is 0 Å². The van der Waals surface area contributed by atoms with Gasteiger partial charge in [-0.05, 0) is 24.3 Å². The van der Waals surface area contributed by atoms with Crippen LogP contribution in [0.15, 0.2) is 42.6 Å². The molecule has 1 saturated heterocycles. The monoisotopic (exact) mass is 323 g/mol. The van der Waals surface area contributed by atoms with Gasteiger partial charge >= 0.3 is 0 Å². The summed E-state index contributed by atoms with van der Waals surface area (Å²) in [7, 11) is 0. The van der Waals surface area contributed by atoms with Crippen molar-refractivity contribution in [3.05, 3.63) is 48.2 Å². The number of benzene rings is 1. The molecule has 0 saturated carbocycles. The summed E-state index contributed by atoms with van der Waals surface area (Å²) < 4.78 is 5.37.